The second-order valence-corrected chi connectivity index (χ2v) is 7.27. The molecule has 1 saturated heterocycles. The van der Waals surface area contributed by atoms with Crippen molar-refractivity contribution in [2.45, 2.75) is 53.0 Å². The fraction of sp³-hybridized carbons (Fsp3) is 0.765. The monoisotopic (exact) mass is 342 g/mol. The highest BCUT2D eigenvalue weighted by Gasteiger charge is 2.27. The Kier molecular flexibility index (Phi) is 7.08. The fourth-order valence-electron chi connectivity index (χ4n) is 3.15. The van der Waals surface area contributed by atoms with E-state index in [1.54, 1.807) is 6.20 Å². The van der Waals surface area contributed by atoms with E-state index in [2.05, 4.69) is 38.1 Å². The van der Waals surface area contributed by atoms with Crippen LogP contribution < -0.4 is 5.32 Å². The predicted molar refractivity (Wildman–Crippen MR) is 96.4 cm³/mol. The van der Waals surface area contributed by atoms with E-state index in [1.165, 1.54) is 0 Å². The van der Waals surface area contributed by atoms with Crippen LogP contribution in [0.3, 0.4) is 0 Å². The van der Waals surface area contributed by atoms with Gasteiger partial charge in [-0.15, -0.1) is 12.4 Å². The maximum absolute atomic E-state index is 12.7. The first-order valence-electron chi connectivity index (χ1n) is 8.39. The van der Waals surface area contributed by atoms with Gasteiger partial charge >= 0.3 is 0 Å². The van der Waals surface area contributed by atoms with Crippen LogP contribution in [0.25, 0.3) is 0 Å². The molecule has 1 aliphatic heterocycles. The van der Waals surface area contributed by atoms with Gasteiger partial charge in [0.15, 0.2) is 0 Å². The van der Waals surface area contributed by atoms with Crippen molar-refractivity contribution in [2.24, 2.45) is 5.92 Å². The van der Waals surface area contributed by atoms with Gasteiger partial charge in [0.25, 0.3) is 5.91 Å². The van der Waals surface area contributed by atoms with Crippen LogP contribution >= 0.6 is 12.4 Å². The average Bonchev–Trinajstić information content (AvgIpc) is 2.86. The Morgan fingerprint density at radius 3 is 2.43 bits per heavy atom. The number of halogens is 1. The number of aromatic nitrogens is 2. The van der Waals surface area contributed by atoms with Crippen LogP contribution in [-0.2, 0) is 5.54 Å². The Morgan fingerprint density at radius 2 is 1.96 bits per heavy atom. The smallest absolute Gasteiger partial charge is 0.257 e. The molecule has 2 heterocycles. The highest BCUT2D eigenvalue weighted by molar-refractivity contribution is 5.95. The Hall–Kier alpha value is -1.07. The molecule has 132 valence electrons. The molecule has 0 saturated carbocycles. The van der Waals surface area contributed by atoms with Crippen LogP contribution in [0.1, 0.15) is 56.6 Å². The van der Waals surface area contributed by atoms with Gasteiger partial charge in [-0.05, 0) is 59.5 Å². The number of nitrogens with one attached hydrogen (secondary N) is 1. The fourth-order valence-corrected chi connectivity index (χ4v) is 3.15. The van der Waals surface area contributed by atoms with Crippen molar-refractivity contribution in [2.75, 3.05) is 26.2 Å². The van der Waals surface area contributed by atoms with Crippen LogP contribution in [0.4, 0.5) is 0 Å². The van der Waals surface area contributed by atoms with Gasteiger partial charge in [0.05, 0.1) is 17.3 Å². The zero-order chi connectivity index (χ0) is 16.3. The van der Waals surface area contributed by atoms with Crippen molar-refractivity contribution in [1.29, 1.82) is 0 Å². The standard InChI is InChI=1S/C17H30N4O.ClH/c1-6-18-11-14-7-9-20(10-8-14)16(22)15-12-19-21(13(15)2)17(3,4)5;/h12,14,18H,6-11H2,1-5H3;1H. The van der Waals surface area contributed by atoms with Gasteiger partial charge in [-0.25, -0.2) is 0 Å². The van der Waals surface area contributed by atoms with Crippen molar-refractivity contribution >= 4 is 18.3 Å². The number of carbonyl (C=O) groups excluding carboxylic acids is 1. The molecule has 1 aromatic rings. The molecule has 0 aromatic carbocycles. The molecule has 0 spiro atoms. The van der Waals surface area contributed by atoms with E-state index >= 15 is 0 Å². The minimum absolute atomic E-state index is 0. The number of amides is 1. The minimum Gasteiger partial charge on any atom is -0.339 e. The first kappa shape index (κ1) is 20.0. The summed E-state index contributed by atoms with van der Waals surface area (Å²) in [5.41, 5.74) is 1.62. The van der Waals surface area contributed by atoms with Crippen molar-refractivity contribution < 1.29 is 4.79 Å². The van der Waals surface area contributed by atoms with Crippen LogP contribution in [0.15, 0.2) is 6.20 Å². The third-order valence-corrected chi connectivity index (χ3v) is 4.46. The van der Waals surface area contributed by atoms with Gasteiger partial charge in [0, 0.05) is 18.8 Å². The molecule has 0 atom stereocenters. The molecule has 1 fully saturated rings. The van der Waals surface area contributed by atoms with Gasteiger partial charge in [0.2, 0.25) is 0 Å². The number of likely N-dealkylation sites (tertiary alicyclic amines) is 1. The van der Waals surface area contributed by atoms with E-state index < -0.39 is 0 Å². The lowest BCUT2D eigenvalue weighted by Crippen LogP contribution is -2.41. The lowest BCUT2D eigenvalue weighted by atomic mass is 9.96. The molecule has 1 N–H and O–H groups in total. The van der Waals surface area contributed by atoms with E-state index in [0.717, 1.165) is 50.3 Å². The summed E-state index contributed by atoms with van der Waals surface area (Å²) in [4.78, 5) is 14.7. The predicted octanol–water partition coefficient (Wildman–Crippen LogP) is 2.83. The third-order valence-electron chi connectivity index (χ3n) is 4.46. The van der Waals surface area contributed by atoms with E-state index in [1.807, 2.05) is 16.5 Å². The second kappa shape index (κ2) is 8.15. The number of rotatable bonds is 4. The summed E-state index contributed by atoms with van der Waals surface area (Å²) in [7, 11) is 0. The summed E-state index contributed by atoms with van der Waals surface area (Å²) in [5.74, 6) is 0.831. The van der Waals surface area contributed by atoms with Gasteiger partial charge in [0.1, 0.15) is 0 Å². The van der Waals surface area contributed by atoms with Gasteiger partial charge < -0.3 is 10.2 Å². The Morgan fingerprint density at radius 1 is 1.35 bits per heavy atom. The molecule has 1 amide bonds. The first-order chi connectivity index (χ1) is 10.3. The van der Waals surface area contributed by atoms with Gasteiger partial charge in [-0.1, -0.05) is 6.92 Å². The quantitative estimate of drug-likeness (QED) is 0.915. The zero-order valence-corrected chi connectivity index (χ0v) is 15.9. The lowest BCUT2D eigenvalue weighted by molar-refractivity contribution is 0.0689. The Labute approximate surface area is 146 Å². The van der Waals surface area contributed by atoms with E-state index in [-0.39, 0.29) is 23.9 Å². The first-order valence-corrected chi connectivity index (χ1v) is 8.39. The molecular formula is C17H31ClN4O. The summed E-state index contributed by atoms with van der Waals surface area (Å²) < 4.78 is 1.94. The molecule has 1 aromatic heterocycles. The maximum atomic E-state index is 12.7. The SMILES string of the molecule is CCNCC1CCN(C(=O)c2cnn(C(C)(C)C)c2C)CC1.Cl. The van der Waals surface area contributed by atoms with E-state index in [4.69, 9.17) is 0 Å². The summed E-state index contributed by atoms with van der Waals surface area (Å²) in [6, 6.07) is 0. The van der Waals surface area contributed by atoms with Crippen LogP contribution in [0.5, 0.6) is 0 Å². The van der Waals surface area contributed by atoms with E-state index in [9.17, 15) is 4.79 Å². The third kappa shape index (κ3) is 4.70. The molecule has 5 nitrogen and oxygen atoms in total. The summed E-state index contributed by atoms with van der Waals surface area (Å²) in [6.45, 7) is 14.2. The van der Waals surface area contributed by atoms with Gasteiger partial charge in [-0.2, -0.15) is 5.10 Å². The topological polar surface area (TPSA) is 50.2 Å². The second-order valence-electron chi connectivity index (χ2n) is 7.27. The molecule has 0 bridgehead atoms. The molecule has 1 aliphatic rings. The molecule has 0 radical (unpaired) electrons. The minimum atomic E-state index is -0.0958. The molecular weight excluding hydrogens is 312 g/mol. The maximum Gasteiger partial charge on any atom is 0.257 e. The highest BCUT2D eigenvalue weighted by Crippen LogP contribution is 2.22. The zero-order valence-electron chi connectivity index (χ0n) is 15.1. The van der Waals surface area contributed by atoms with Crippen LogP contribution in [0, 0.1) is 12.8 Å². The number of piperidine rings is 1. The Balaban J connectivity index is 0.00000264. The van der Waals surface area contributed by atoms with Crippen molar-refractivity contribution in [3.8, 4) is 0 Å². The van der Waals surface area contributed by atoms with Crippen molar-refractivity contribution in [3.63, 3.8) is 0 Å². The van der Waals surface area contributed by atoms with Crippen molar-refractivity contribution in [3.05, 3.63) is 17.5 Å². The molecule has 0 unspecified atom stereocenters. The number of hydrogen-bond acceptors (Lipinski definition) is 3. The summed E-state index contributed by atoms with van der Waals surface area (Å²) >= 11 is 0. The molecule has 23 heavy (non-hydrogen) atoms. The molecule has 0 aliphatic carbocycles. The van der Waals surface area contributed by atoms with Gasteiger partial charge in [-0.3, -0.25) is 9.48 Å². The van der Waals surface area contributed by atoms with Crippen LogP contribution in [0.2, 0.25) is 0 Å². The van der Waals surface area contributed by atoms with Crippen LogP contribution in [-0.4, -0.2) is 46.8 Å². The Bertz CT molecular complexity index is 513. The normalized spacial score (nSPS) is 16.3. The number of hydrogen-bond donors (Lipinski definition) is 1. The number of nitrogens with zero attached hydrogens (tertiary/aromatic N) is 3. The van der Waals surface area contributed by atoms with Crippen molar-refractivity contribution in [1.82, 2.24) is 20.0 Å². The lowest BCUT2D eigenvalue weighted by Gasteiger charge is -2.32. The highest BCUT2D eigenvalue weighted by atomic mass is 35.5. The summed E-state index contributed by atoms with van der Waals surface area (Å²) in [5, 5.41) is 7.82. The molecule has 2 rings (SSSR count). The largest absolute Gasteiger partial charge is 0.339 e. The number of carbonyl (C=O) groups is 1. The molecule has 6 heteroatoms. The van der Waals surface area contributed by atoms with E-state index in [0.29, 0.717) is 5.92 Å². The average molecular weight is 343 g/mol. The summed E-state index contributed by atoms with van der Waals surface area (Å²) in [6.07, 6.45) is 3.91.